The van der Waals surface area contributed by atoms with Gasteiger partial charge in [0.1, 0.15) is 5.54 Å². The van der Waals surface area contributed by atoms with Crippen LogP contribution in [0.4, 0.5) is 0 Å². The van der Waals surface area contributed by atoms with Crippen molar-refractivity contribution in [3.05, 3.63) is 65.2 Å². The lowest BCUT2D eigenvalue weighted by Gasteiger charge is -2.34. The summed E-state index contributed by atoms with van der Waals surface area (Å²) < 4.78 is 0. The molecule has 0 aromatic heterocycles. The molecule has 0 radical (unpaired) electrons. The van der Waals surface area contributed by atoms with E-state index in [1.807, 2.05) is 0 Å². The largest absolute Gasteiger partial charge is 0.336 e. The Morgan fingerprint density at radius 1 is 1.18 bits per heavy atom. The third-order valence-electron chi connectivity index (χ3n) is 7.23. The van der Waals surface area contributed by atoms with E-state index in [4.69, 9.17) is 0 Å². The summed E-state index contributed by atoms with van der Waals surface area (Å²) >= 11 is 1.80. The van der Waals surface area contributed by atoms with Gasteiger partial charge in [-0.1, -0.05) is 36.4 Å². The van der Waals surface area contributed by atoms with Gasteiger partial charge in [0.05, 0.1) is 0 Å². The van der Waals surface area contributed by atoms with Gasteiger partial charge in [-0.25, -0.2) is 0 Å². The van der Waals surface area contributed by atoms with E-state index in [2.05, 4.69) is 71.5 Å². The van der Waals surface area contributed by atoms with E-state index in [9.17, 15) is 4.79 Å². The Kier molecular flexibility index (Phi) is 4.52. The van der Waals surface area contributed by atoms with Crippen molar-refractivity contribution in [2.45, 2.75) is 49.2 Å². The van der Waals surface area contributed by atoms with Gasteiger partial charge in [0.2, 0.25) is 5.91 Å². The molecule has 146 valence electrons. The minimum absolute atomic E-state index is 0.247. The van der Waals surface area contributed by atoms with Gasteiger partial charge < -0.3 is 4.90 Å². The number of hydrogen-bond acceptors (Lipinski definition) is 3. The topological polar surface area (TPSA) is 23.6 Å². The molecule has 0 N–H and O–H groups in total. The molecule has 0 aliphatic carbocycles. The minimum Gasteiger partial charge on any atom is -0.336 e. The molecule has 3 nitrogen and oxygen atoms in total. The molecule has 3 aliphatic rings. The first-order chi connectivity index (χ1) is 13.6. The van der Waals surface area contributed by atoms with E-state index >= 15 is 0 Å². The highest BCUT2D eigenvalue weighted by Crippen LogP contribution is 2.56. The van der Waals surface area contributed by atoms with Crippen LogP contribution < -0.4 is 0 Å². The lowest BCUT2D eigenvalue weighted by molar-refractivity contribution is -0.137. The second-order valence-corrected chi connectivity index (χ2v) is 9.44. The van der Waals surface area contributed by atoms with Crippen LogP contribution in [0.15, 0.2) is 53.4 Å². The van der Waals surface area contributed by atoms with Crippen molar-refractivity contribution in [2.75, 3.05) is 19.3 Å². The maximum atomic E-state index is 13.7. The number of carbonyl (C=O) groups is 1. The smallest absolute Gasteiger partial charge is 0.243 e. The Labute approximate surface area is 172 Å². The van der Waals surface area contributed by atoms with E-state index in [1.54, 1.807) is 11.8 Å². The van der Waals surface area contributed by atoms with Crippen LogP contribution in [0.5, 0.6) is 0 Å². The summed E-state index contributed by atoms with van der Waals surface area (Å²) in [6, 6.07) is 17.8. The van der Waals surface area contributed by atoms with Gasteiger partial charge in [0.25, 0.3) is 0 Å². The second kappa shape index (κ2) is 6.93. The average Bonchev–Trinajstić information content (AvgIpc) is 3.34. The van der Waals surface area contributed by atoms with Gasteiger partial charge in [-0.05, 0) is 67.8 Å². The fraction of sp³-hybridized carbons (Fsp3) is 0.458. The van der Waals surface area contributed by atoms with Crippen LogP contribution in [0.25, 0.3) is 0 Å². The number of thioether (sulfide) groups is 1. The van der Waals surface area contributed by atoms with Crippen LogP contribution in [-0.2, 0) is 11.3 Å². The predicted octanol–water partition coefficient (Wildman–Crippen LogP) is 4.65. The minimum atomic E-state index is -0.247. The molecule has 0 unspecified atom stereocenters. The van der Waals surface area contributed by atoms with Crippen molar-refractivity contribution in [2.24, 2.45) is 5.92 Å². The molecule has 3 aliphatic heterocycles. The summed E-state index contributed by atoms with van der Waals surface area (Å²) in [6.07, 6.45) is 5.40. The maximum Gasteiger partial charge on any atom is 0.243 e. The summed E-state index contributed by atoms with van der Waals surface area (Å²) in [5, 5.41) is 0. The highest BCUT2D eigenvalue weighted by molar-refractivity contribution is 7.98. The first kappa shape index (κ1) is 18.3. The van der Waals surface area contributed by atoms with Gasteiger partial charge in [-0.15, -0.1) is 11.8 Å². The van der Waals surface area contributed by atoms with Crippen LogP contribution in [-0.4, -0.2) is 40.6 Å². The van der Waals surface area contributed by atoms with Crippen LogP contribution >= 0.6 is 11.8 Å². The maximum absolute atomic E-state index is 13.7. The standard InChI is InChI=1S/C24H28N2OS/c1-17-7-3-4-8-19(17)15-25-16-20-14-22(18-9-5-10-21(13-18)28-2)26-12-6-11-24(20,26)23(25)27/h3-5,7-10,13,20,22H,6,11-12,14-16H2,1-2H3/t20-,22-,24-/m0/s1. The Hall–Kier alpha value is -1.78. The zero-order valence-corrected chi connectivity index (χ0v) is 17.5. The zero-order chi connectivity index (χ0) is 19.3. The molecule has 28 heavy (non-hydrogen) atoms. The van der Waals surface area contributed by atoms with Gasteiger partial charge in [-0.3, -0.25) is 9.69 Å². The molecule has 3 saturated heterocycles. The molecular formula is C24H28N2OS. The van der Waals surface area contributed by atoms with Crippen LogP contribution in [0.2, 0.25) is 0 Å². The van der Waals surface area contributed by atoms with Gasteiger partial charge >= 0.3 is 0 Å². The summed E-state index contributed by atoms with van der Waals surface area (Å²) in [7, 11) is 0. The lowest BCUT2D eigenvalue weighted by atomic mass is 9.85. The lowest BCUT2D eigenvalue weighted by Crippen LogP contribution is -2.49. The Bertz CT molecular complexity index is 913. The molecule has 3 atom stereocenters. The van der Waals surface area contributed by atoms with E-state index in [-0.39, 0.29) is 5.54 Å². The van der Waals surface area contributed by atoms with Crippen molar-refractivity contribution in [1.29, 1.82) is 0 Å². The molecule has 3 heterocycles. The summed E-state index contributed by atoms with van der Waals surface area (Å²) in [5.41, 5.74) is 3.70. The number of aryl methyl sites for hydroxylation is 1. The predicted molar refractivity (Wildman–Crippen MR) is 114 cm³/mol. The Balaban J connectivity index is 1.43. The number of rotatable bonds is 4. The van der Waals surface area contributed by atoms with Crippen molar-refractivity contribution >= 4 is 17.7 Å². The highest BCUT2D eigenvalue weighted by Gasteiger charge is 2.65. The van der Waals surface area contributed by atoms with Crippen molar-refractivity contribution in [3.8, 4) is 0 Å². The summed E-state index contributed by atoms with van der Waals surface area (Å²) in [5.74, 6) is 0.830. The quantitative estimate of drug-likeness (QED) is 0.708. The van der Waals surface area contributed by atoms with Crippen molar-refractivity contribution in [1.82, 2.24) is 9.80 Å². The van der Waals surface area contributed by atoms with E-state index in [0.717, 1.165) is 38.9 Å². The fourth-order valence-electron chi connectivity index (χ4n) is 5.87. The van der Waals surface area contributed by atoms with Crippen molar-refractivity contribution in [3.63, 3.8) is 0 Å². The molecule has 2 aromatic rings. The Morgan fingerprint density at radius 2 is 2.04 bits per heavy atom. The third kappa shape index (κ3) is 2.65. The summed E-state index contributed by atoms with van der Waals surface area (Å²) in [6.45, 7) is 4.85. The van der Waals surface area contributed by atoms with E-state index in [1.165, 1.54) is 21.6 Å². The third-order valence-corrected chi connectivity index (χ3v) is 7.95. The molecule has 5 rings (SSSR count). The van der Waals surface area contributed by atoms with E-state index in [0.29, 0.717) is 17.9 Å². The van der Waals surface area contributed by atoms with Crippen LogP contribution in [0.3, 0.4) is 0 Å². The second-order valence-electron chi connectivity index (χ2n) is 8.56. The SMILES string of the molecule is CSc1cccc([C@@H]2C[C@H]3CN(Cc4ccccc4C)C(=O)[C@]34CCCN24)c1. The first-order valence-corrected chi connectivity index (χ1v) is 11.6. The zero-order valence-electron chi connectivity index (χ0n) is 16.7. The molecule has 0 saturated carbocycles. The molecular weight excluding hydrogens is 364 g/mol. The van der Waals surface area contributed by atoms with Gasteiger partial charge in [0, 0.05) is 29.9 Å². The number of likely N-dealkylation sites (tertiary alicyclic amines) is 1. The molecule has 4 heteroatoms. The van der Waals surface area contributed by atoms with Crippen molar-refractivity contribution < 1.29 is 4.79 Å². The molecule has 1 spiro atoms. The van der Waals surface area contributed by atoms with Crippen LogP contribution in [0.1, 0.15) is 42.0 Å². The van der Waals surface area contributed by atoms with Crippen LogP contribution in [0, 0.1) is 12.8 Å². The Morgan fingerprint density at radius 3 is 2.86 bits per heavy atom. The molecule has 3 fully saturated rings. The molecule has 1 amide bonds. The number of amides is 1. The first-order valence-electron chi connectivity index (χ1n) is 10.4. The average molecular weight is 393 g/mol. The fourth-order valence-corrected chi connectivity index (χ4v) is 6.34. The van der Waals surface area contributed by atoms with E-state index < -0.39 is 0 Å². The number of carbonyl (C=O) groups excluding carboxylic acids is 1. The molecule has 2 aromatic carbocycles. The van der Waals surface area contributed by atoms with Gasteiger partial charge in [-0.2, -0.15) is 0 Å². The summed E-state index contributed by atoms with van der Waals surface area (Å²) in [4.78, 5) is 19.7. The highest BCUT2D eigenvalue weighted by atomic mass is 32.2. The number of nitrogens with zero attached hydrogens (tertiary/aromatic N) is 2. The van der Waals surface area contributed by atoms with Gasteiger partial charge in [0.15, 0.2) is 0 Å². The monoisotopic (exact) mass is 392 g/mol. The number of benzene rings is 2. The number of hydrogen-bond donors (Lipinski definition) is 0. The molecule has 0 bridgehead atoms. The normalized spacial score (nSPS) is 29.4.